The molecule has 0 spiro atoms. The highest BCUT2D eigenvalue weighted by molar-refractivity contribution is 14.1. The van der Waals surface area contributed by atoms with Crippen molar-refractivity contribution in [1.82, 2.24) is 4.57 Å². The van der Waals surface area contributed by atoms with Crippen molar-refractivity contribution in [1.29, 1.82) is 0 Å². The van der Waals surface area contributed by atoms with Crippen molar-refractivity contribution in [3.05, 3.63) is 234 Å². The summed E-state index contributed by atoms with van der Waals surface area (Å²) in [6.07, 6.45) is 5.88. The van der Waals surface area contributed by atoms with E-state index in [1.807, 2.05) is 60.7 Å². The molecule has 0 aliphatic heterocycles. The Morgan fingerprint density at radius 3 is 1.63 bits per heavy atom. The molecule has 0 saturated heterocycles. The number of alkyl halides is 1. The second-order valence-electron chi connectivity index (χ2n) is 16.4. The maximum absolute atomic E-state index is 6.54. The minimum atomic E-state index is -0.160. The predicted molar refractivity (Wildman–Crippen MR) is 269 cm³/mol. The lowest BCUT2D eigenvalue weighted by Crippen LogP contribution is -2.30. The molecule has 5 heteroatoms. The lowest BCUT2D eigenvalue weighted by molar-refractivity contribution is 0.346. The van der Waals surface area contributed by atoms with Gasteiger partial charge in [-0.25, -0.2) is 9.98 Å². The van der Waals surface area contributed by atoms with E-state index in [0.717, 1.165) is 35.2 Å². The van der Waals surface area contributed by atoms with Gasteiger partial charge in [-0.2, -0.15) is 0 Å². The van der Waals surface area contributed by atoms with Crippen molar-refractivity contribution in [2.45, 2.75) is 41.6 Å². The summed E-state index contributed by atoms with van der Waals surface area (Å²) in [5.74, 6) is 1.07. The number of rotatable bonds is 9. The number of aliphatic imine (C=N–C) groups is 2. The van der Waals surface area contributed by atoms with Crippen LogP contribution in [0.25, 0.3) is 49.7 Å². The van der Waals surface area contributed by atoms with E-state index in [2.05, 4.69) is 173 Å². The molecule has 4 nitrogen and oxygen atoms in total. The molecule has 1 aliphatic rings. The van der Waals surface area contributed by atoms with E-state index in [1.54, 1.807) is 0 Å². The Bertz CT molecular complexity index is 3020. The highest BCUT2D eigenvalue weighted by Gasteiger charge is 2.36. The van der Waals surface area contributed by atoms with Crippen LogP contribution in [-0.2, 0) is 5.41 Å². The monoisotopic (exact) mass is 914 g/mol. The van der Waals surface area contributed by atoms with Crippen LogP contribution in [0.2, 0.25) is 0 Å². The van der Waals surface area contributed by atoms with Gasteiger partial charge in [-0.05, 0) is 76.1 Å². The van der Waals surface area contributed by atoms with Crippen molar-refractivity contribution < 1.29 is 0 Å². The van der Waals surface area contributed by atoms with E-state index < -0.39 is 0 Å². The summed E-state index contributed by atoms with van der Waals surface area (Å²) in [7, 11) is 0. The highest BCUT2D eigenvalue weighted by Crippen LogP contribution is 2.47. The van der Waals surface area contributed by atoms with Crippen molar-refractivity contribution in [3.8, 4) is 27.9 Å². The summed E-state index contributed by atoms with van der Waals surface area (Å²) in [6, 6.07) is 74.0. The fourth-order valence-electron chi connectivity index (χ4n) is 9.42. The summed E-state index contributed by atoms with van der Waals surface area (Å²) in [4.78, 5) is 10.0. The summed E-state index contributed by atoms with van der Waals surface area (Å²) in [6.45, 7) is 0. The lowest BCUT2D eigenvalue weighted by atomic mass is 9.65. The van der Waals surface area contributed by atoms with Gasteiger partial charge in [0.2, 0.25) is 0 Å². The maximum Gasteiger partial charge on any atom is 0.158 e. The summed E-state index contributed by atoms with van der Waals surface area (Å²) in [5.41, 5.74) is 20.6. The van der Waals surface area contributed by atoms with Gasteiger partial charge in [-0.1, -0.05) is 224 Å². The molecule has 9 aromatic rings. The molecular formula is C57H47IN4. The minimum absolute atomic E-state index is 0.105. The molecule has 8 aromatic carbocycles. The third-order valence-electron chi connectivity index (χ3n) is 12.7. The van der Waals surface area contributed by atoms with Crippen molar-refractivity contribution in [3.63, 3.8) is 0 Å². The number of benzene rings is 8. The summed E-state index contributed by atoms with van der Waals surface area (Å²) >= 11 is 2.43. The Morgan fingerprint density at radius 2 is 1.00 bits per heavy atom. The molecule has 1 aliphatic carbocycles. The molecule has 1 aromatic heterocycles. The smallest absolute Gasteiger partial charge is 0.158 e. The van der Waals surface area contributed by atoms with Gasteiger partial charge in [-0.15, -0.1) is 0 Å². The molecule has 10 rings (SSSR count). The molecule has 1 saturated carbocycles. The number of nitrogens with zero attached hydrogens (tertiary/aromatic N) is 3. The largest absolute Gasteiger partial charge is 0.383 e. The normalized spacial score (nSPS) is 14.9. The van der Waals surface area contributed by atoms with Crippen LogP contribution in [0.3, 0.4) is 0 Å². The Morgan fingerprint density at radius 1 is 0.500 bits per heavy atom. The number of amidine groups is 2. The van der Waals surface area contributed by atoms with Crippen LogP contribution in [0.1, 0.15) is 64.0 Å². The van der Waals surface area contributed by atoms with Gasteiger partial charge in [0, 0.05) is 33.0 Å². The fraction of sp³-hybridized carbons (Fsp3) is 0.123. The lowest BCUT2D eigenvalue weighted by Gasteiger charge is -2.39. The first kappa shape index (κ1) is 39.6. The predicted octanol–water partition coefficient (Wildman–Crippen LogP) is 14.7. The van der Waals surface area contributed by atoms with E-state index in [1.165, 1.54) is 74.4 Å². The second kappa shape index (κ2) is 17.4. The number of fused-ring (bicyclic) bond motifs is 3. The molecule has 62 heavy (non-hydrogen) atoms. The average Bonchev–Trinajstić information content (AvgIpc) is 3.68. The van der Waals surface area contributed by atoms with Crippen LogP contribution in [-0.4, -0.2) is 16.2 Å². The molecule has 1 heterocycles. The van der Waals surface area contributed by atoms with Crippen LogP contribution in [0.5, 0.6) is 0 Å². The van der Waals surface area contributed by atoms with E-state index in [0.29, 0.717) is 11.7 Å². The van der Waals surface area contributed by atoms with Gasteiger partial charge in [0.25, 0.3) is 0 Å². The Kier molecular flexibility index (Phi) is 11.1. The second-order valence-corrected chi connectivity index (χ2v) is 17.5. The topological polar surface area (TPSA) is 55.7 Å². The number of hydrogen-bond donors (Lipinski definition) is 1. The van der Waals surface area contributed by atoms with Crippen molar-refractivity contribution >= 4 is 56.1 Å². The van der Waals surface area contributed by atoms with Crippen LogP contribution in [0.15, 0.2) is 216 Å². The number of hydrogen-bond acceptors (Lipinski definition) is 1. The average molecular weight is 915 g/mol. The minimum Gasteiger partial charge on any atom is -0.383 e. The first-order valence-electron chi connectivity index (χ1n) is 21.6. The Hall–Kier alpha value is -6.57. The van der Waals surface area contributed by atoms with Crippen molar-refractivity contribution in [2.24, 2.45) is 15.7 Å². The van der Waals surface area contributed by atoms with E-state index >= 15 is 0 Å². The third-order valence-corrected chi connectivity index (χ3v) is 13.7. The van der Waals surface area contributed by atoms with E-state index in [9.17, 15) is 0 Å². The quantitative estimate of drug-likeness (QED) is 0.0507. The molecule has 1 atom stereocenters. The van der Waals surface area contributed by atoms with Gasteiger partial charge >= 0.3 is 0 Å². The van der Waals surface area contributed by atoms with Gasteiger partial charge in [0.15, 0.2) is 5.84 Å². The standard InChI is InChI=1S/C57H47IN4/c58-54(60-56(45-22-12-4-13-23-45)61-55(59)44-20-10-3-11-21-44)43-24-29-47(30-25-43)57(36-14-5-15-37-57)48-31-35-51-50-34-28-46(41-18-8-2-9-19-41)38-52(50)62(53(51)39-48)49-32-26-42(27-33-49)40-16-6-1-7-17-40/h1-4,6-13,16-35,38-39,54H,5,14-15,36-37H2,(H2,59,60,61). The van der Waals surface area contributed by atoms with E-state index in [4.69, 9.17) is 15.7 Å². The zero-order valence-corrected chi connectivity index (χ0v) is 36.7. The Balaban J connectivity index is 1.06. The molecule has 0 amide bonds. The van der Waals surface area contributed by atoms with Crippen molar-refractivity contribution in [2.75, 3.05) is 0 Å². The zero-order valence-electron chi connectivity index (χ0n) is 34.5. The van der Waals surface area contributed by atoms with Crippen LogP contribution >= 0.6 is 22.6 Å². The molecular weight excluding hydrogens is 868 g/mol. The Labute approximate surface area is 377 Å². The summed E-state index contributed by atoms with van der Waals surface area (Å²) < 4.78 is 2.33. The fourth-order valence-corrected chi connectivity index (χ4v) is 10.1. The first-order chi connectivity index (χ1) is 30.5. The SMILES string of the molecule is N/C(=N\C(=N/C(I)c1ccc(C2(c3ccc4c5ccc(-c6ccccc6)cc5n(-c5ccc(-c6ccccc6)cc5)c4c3)CCCCC2)cc1)c1ccccc1)c1ccccc1. The molecule has 1 unspecified atom stereocenters. The molecule has 0 radical (unpaired) electrons. The first-order valence-corrected chi connectivity index (χ1v) is 22.9. The van der Waals surface area contributed by atoms with Crippen LogP contribution < -0.4 is 5.73 Å². The third kappa shape index (κ3) is 7.78. The molecule has 302 valence electrons. The van der Waals surface area contributed by atoms with E-state index in [-0.39, 0.29) is 9.46 Å². The molecule has 0 bridgehead atoms. The molecule has 1 fully saturated rings. The maximum atomic E-state index is 6.54. The van der Waals surface area contributed by atoms with Gasteiger partial charge in [0.05, 0.1) is 11.0 Å². The highest BCUT2D eigenvalue weighted by atomic mass is 127. The van der Waals surface area contributed by atoms with Gasteiger partial charge < -0.3 is 10.3 Å². The van der Waals surface area contributed by atoms with Crippen LogP contribution in [0, 0.1) is 0 Å². The molecule has 2 N–H and O–H groups in total. The van der Waals surface area contributed by atoms with Gasteiger partial charge in [0.1, 0.15) is 9.88 Å². The number of halogens is 1. The van der Waals surface area contributed by atoms with Crippen LogP contribution in [0.4, 0.5) is 0 Å². The number of nitrogens with two attached hydrogens (primary N) is 1. The summed E-state index contributed by atoms with van der Waals surface area (Å²) in [5, 5.41) is 2.53. The number of aromatic nitrogens is 1. The zero-order chi connectivity index (χ0) is 41.9. The van der Waals surface area contributed by atoms with Gasteiger partial charge in [-0.3, -0.25) is 0 Å².